The summed E-state index contributed by atoms with van der Waals surface area (Å²) in [7, 11) is 0. The van der Waals surface area contributed by atoms with E-state index in [9.17, 15) is 0 Å². The molecule has 0 saturated carbocycles. The number of aromatic nitrogens is 2. The Hall–Kier alpha value is -1.10. The molecule has 1 atom stereocenters. The summed E-state index contributed by atoms with van der Waals surface area (Å²) < 4.78 is 5.10. The van der Waals surface area contributed by atoms with Crippen molar-refractivity contribution in [2.24, 2.45) is 5.73 Å². The van der Waals surface area contributed by atoms with E-state index in [1.807, 2.05) is 13.0 Å². The van der Waals surface area contributed by atoms with E-state index in [4.69, 9.17) is 33.5 Å². The lowest BCUT2D eigenvalue weighted by Gasteiger charge is -2.00. The predicted octanol–water partition coefficient (Wildman–Crippen LogP) is 3.38. The third-order valence-corrected chi connectivity index (χ3v) is 3.33. The van der Waals surface area contributed by atoms with Crippen LogP contribution in [0.1, 0.15) is 36.7 Å². The Morgan fingerprint density at radius 1 is 1.33 bits per heavy atom. The van der Waals surface area contributed by atoms with E-state index in [1.54, 1.807) is 12.1 Å². The molecule has 0 radical (unpaired) electrons. The van der Waals surface area contributed by atoms with E-state index in [1.165, 1.54) is 0 Å². The first-order chi connectivity index (χ1) is 8.60. The Morgan fingerprint density at radius 2 is 2.11 bits per heavy atom. The van der Waals surface area contributed by atoms with Crippen molar-refractivity contribution in [1.82, 2.24) is 10.1 Å². The molecule has 96 valence electrons. The lowest BCUT2D eigenvalue weighted by Crippen LogP contribution is -2.08. The summed E-state index contributed by atoms with van der Waals surface area (Å²) in [5.41, 5.74) is 6.78. The van der Waals surface area contributed by atoms with Gasteiger partial charge in [0.2, 0.25) is 5.89 Å². The third-order valence-electron chi connectivity index (χ3n) is 2.59. The number of nitrogens with zero attached hydrogens (tertiary/aromatic N) is 2. The van der Waals surface area contributed by atoms with Gasteiger partial charge in [-0.3, -0.25) is 0 Å². The first-order valence-corrected chi connectivity index (χ1v) is 6.37. The van der Waals surface area contributed by atoms with Gasteiger partial charge in [-0.2, -0.15) is 4.98 Å². The van der Waals surface area contributed by atoms with E-state index < -0.39 is 0 Å². The maximum absolute atomic E-state index is 5.94. The van der Waals surface area contributed by atoms with E-state index in [0.29, 0.717) is 28.2 Å². The molecule has 18 heavy (non-hydrogen) atoms. The topological polar surface area (TPSA) is 64.9 Å². The zero-order valence-corrected chi connectivity index (χ0v) is 11.4. The zero-order chi connectivity index (χ0) is 13.1. The van der Waals surface area contributed by atoms with Gasteiger partial charge in [0.15, 0.2) is 5.82 Å². The van der Waals surface area contributed by atoms with Gasteiger partial charge in [-0.25, -0.2) is 0 Å². The normalized spacial score (nSPS) is 12.7. The predicted molar refractivity (Wildman–Crippen MR) is 70.8 cm³/mol. The van der Waals surface area contributed by atoms with Gasteiger partial charge >= 0.3 is 0 Å². The molecule has 0 unspecified atom stereocenters. The molecule has 0 amide bonds. The number of rotatable bonds is 4. The lowest BCUT2D eigenvalue weighted by atomic mass is 10.1. The Balaban J connectivity index is 2.13. The fourth-order valence-electron chi connectivity index (χ4n) is 1.50. The average Bonchev–Trinajstić information content (AvgIpc) is 2.81. The molecule has 1 aromatic carbocycles. The molecule has 0 fully saturated rings. The van der Waals surface area contributed by atoms with E-state index >= 15 is 0 Å². The van der Waals surface area contributed by atoms with Crippen LogP contribution >= 0.6 is 23.2 Å². The quantitative estimate of drug-likeness (QED) is 0.935. The van der Waals surface area contributed by atoms with Gasteiger partial charge in [0.1, 0.15) is 0 Å². The molecule has 0 aliphatic heterocycles. The van der Waals surface area contributed by atoms with Crippen LogP contribution in [0.2, 0.25) is 10.0 Å². The number of hydrogen-bond acceptors (Lipinski definition) is 4. The lowest BCUT2D eigenvalue weighted by molar-refractivity contribution is 0.348. The summed E-state index contributed by atoms with van der Waals surface area (Å²) in [5, 5.41) is 4.94. The fraction of sp³-hybridized carbons (Fsp3) is 0.333. The van der Waals surface area contributed by atoms with Crippen molar-refractivity contribution in [1.29, 1.82) is 0 Å². The van der Waals surface area contributed by atoms with Crippen LogP contribution < -0.4 is 5.73 Å². The Labute approximate surface area is 115 Å². The molecule has 0 aliphatic carbocycles. The van der Waals surface area contributed by atoms with Crippen LogP contribution in [0.15, 0.2) is 22.7 Å². The second-order valence-corrected chi connectivity index (χ2v) is 4.80. The highest BCUT2D eigenvalue weighted by molar-refractivity contribution is 6.42. The largest absolute Gasteiger partial charge is 0.338 e. The SMILES string of the molecule is CC[C@H](N)c1nc(Cc2ccc(Cl)c(Cl)c2)no1. The highest BCUT2D eigenvalue weighted by atomic mass is 35.5. The molecule has 0 bridgehead atoms. The van der Waals surface area contributed by atoms with Gasteiger partial charge in [-0.1, -0.05) is 41.3 Å². The molecule has 2 rings (SSSR count). The molecule has 2 aromatic rings. The third kappa shape index (κ3) is 3.02. The molecule has 0 saturated heterocycles. The molecule has 0 spiro atoms. The van der Waals surface area contributed by atoms with Crippen molar-refractivity contribution >= 4 is 23.2 Å². The van der Waals surface area contributed by atoms with Gasteiger partial charge in [-0.15, -0.1) is 0 Å². The van der Waals surface area contributed by atoms with Gasteiger partial charge < -0.3 is 10.3 Å². The van der Waals surface area contributed by atoms with Crippen LogP contribution in [0.25, 0.3) is 0 Å². The molecule has 1 heterocycles. The van der Waals surface area contributed by atoms with Crippen LogP contribution in [0.3, 0.4) is 0 Å². The maximum atomic E-state index is 5.94. The average molecular weight is 286 g/mol. The maximum Gasteiger partial charge on any atom is 0.243 e. The second kappa shape index (κ2) is 5.69. The summed E-state index contributed by atoms with van der Waals surface area (Å²) in [5.74, 6) is 1.06. The van der Waals surface area contributed by atoms with E-state index in [-0.39, 0.29) is 6.04 Å². The van der Waals surface area contributed by atoms with Crippen molar-refractivity contribution in [2.45, 2.75) is 25.8 Å². The first kappa shape index (κ1) is 13.3. The summed E-state index contributed by atoms with van der Waals surface area (Å²) in [6.07, 6.45) is 1.30. The first-order valence-electron chi connectivity index (χ1n) is 5.62. The van der Waals surface area contributed by atoms with Gasteiger partial charge in [0, 0.05) is 6.42 Å². The van der Waals surface area contributed by atoms with E-state index in [2.05, 4.69) is 10.1 Å². The monoisotopic (exact) mass is 285 g/mol. The molecule has 2 N–H and O–H groups in total. The molecular weight excluding hydrogens is 273 g/mol. The van der Waals surface area contributed by atoms with Crippen LogP contribution in [-0.4, -0.2) is 10.1 Å². The number of benzene rings is 1. The Morgan fingerprint density at radius 3 is 2.78 bits per heavy atom. The highest BCUT2D eigenvalue weighted by Gasteiger charge is 2.13. The van der Waals surface area contributed by atoms with Crippen molar-refractivity contribution < 1.29 is 4.52 Å². The van der Waals surface area contributed by atoms with Crippen molar-refractivity contribution in [2.75, 3.05) is 0 Å². The highest BCUT2D eigenvalue weighted by Crippen LogP contribution is 2.23. The molecular formula is C12H13Cl2N3O. The summed E-state index contributed by atoms with van der Waals surface area (Å²) in [6.45, 7) is 1.97. The van der Waals surface area contributed by atoms with Crippen LogP contribution in [0.4, 0.5) is 0 Å². The Kier molecular flexibility index (Phi) is 4.22. The standard InChI is InChI=1S/C12H13Cl2N3O/c1-2-10(15)12-16-11(17-18-12)6-7-3-4-8(13)9(14)5-7/h3-5,10H,2,6,15H2,1H3/t10-/m0/s1. The van der Waals surface area contributed by atoms with Crippen LogP contribution in [-0.2, 0) is 6.42 Å². The number of nitrogens with two attached hydrogens (primary N) is 1. The summed E-state index contributed by atoms with van der Waals surface area (Å²) in [4.78, 5) is 4.25. The second-order valence-electron chi connectivity index (χ2n) is 3.99. The zero-order valence-electron chi connectivity index (χ0n) is 9.86. The number of halogens is 2. The van der Waals surface area contributed by atoms with Crippen molar-refractivity contribution in [3.05, 3.63) is 45.5 Å². The summed E-state index contributed by atoms with van der Waals surface area (Å²) in [6, 6.07) is 5.21. The minimum Gasteiger partial charge on any atom is -0.338 e. The van der Waals surface area contributed by atoms with Gasteiger partial charge in [0.05, 0.1) is 16.1 Å². The number of hydrogen-bond donors (Lipinski definition) is 1. The van der Waals surface area contributed by atoms with Gasteiger partial charge in [0.25, 0.3) is 0 Å². The van der Waals surface area contributed by atoms with Crippen LogP contribution in [0.5, 0.6) is 0 Å². The Bertz CT molecular complexity index is 542. The molecule has 1 aromatic heterocycles. The summed E-state index contributed by atoms with van der Waals surface area (Å²) >= 11 is 11.8. The van der Waals surface area contributed by atoms with Crippen molar-refractivity contribution in [3.63, 3.8) is 0 Å². The molecule has 6 heteroatoms. The smallest absolute Gasteiger partial charge is 0.243 e. The van der Waals surface area contributed by atoms with Gasteiger partial charge in [-0.05, 0) is 24.1 Å². The minimum atomic E-state index is -0.208. The fourth-order valence-corrected chi connectivity index (χ4v) is 1.82. The van der Waals surface area contributed by atoms with Crippen LogP contribution in [0, 0.1) is 0 Å². The van der Waals surface area contributed by atoms with E-state index in [0.717, 1.165) is 12.0 Å². The minimum absolute atomic E-state index is 0.208. The van der Waals surface area contributed by atoms with Crippen molar-refractivity contribution in [3.8, 4) is 0 Å². The molecule has 0 aliphatic rings. The molecule has 4 nitrogen and oxygen atoms in total.